The van der Waals surface area contributed by atoms with E-state index in [2.05, 4.69) is 32.2 Å². The molecule has 0 radical (unpaired) electrons. The summed E-state index contributed by atoms with van der Waals surface area (Å²) in [4.78, 5) is 0. The molecule has 100 valence electrons. The highest BCUT2D eigenvalue weighted by molar-refractivity contribution is 9.10. The highest BCUT2D eigenvalue weighted by Gasteiger charge is 2.21. The molecule has 0 fully saturated rings. The third-order valence-electron chi connectivity index (χ3n) is 3.63. The van der Waals surface area contributed by atoms with Crippen molar-refractivity contribution in [2.24, 2.45) is 0 Å². The normalized spacial score (nSPS) is 14.2. The van der Waals surface area contributed by atoms with Crippen LogP contribution in [0.4, 0.5) is 5.82 Å². The molecule has 0 saturated carbocycles. The van der Waals surface area contributed by atoms with Gasteiger partial charge in [-0.2, -0.15) is 5.10 Å². The third-order valence-corrected chi connectivity index (χ3v) is 4.47. The molecular formula is C14H16BrN3O. The van der Waals surface area contributed by atoms with E-state index in [9.17, 15) is 0 Å². The lowest BCUT2D eigenvalue weighted by Gasteiger charge is -2.21. The number of methoxy groups -OCH3 is 1. The monoisotopic (exact) mass is 321 g/mol. The molecule has 19 heavy (non-hydrogen) atoms. The molecule has 0 saturated heterocycles. The van der Waals surface area contributed by atoms with Crippen molar-refractivity contribution in [2.45, 2.75) is 25.7 Å². The molecule has 1 aliphatic rings. The number of nitrogens with two attached hydrogens (primary N) is 1. The molecule has 0 aliphatic heterocycles. The third kappa shape index (κ3) is 2.12. The molecular weight excluding hydrogens is 306 g/mol. The summed E-state index contributed by atoms with van der Waals surface area (Å²) >= 11 is 3.69. The fourth-order valence-corrected chi connectivity index (χ4v) is 3.54. The van der Waals surface area contributed by atoms with Gasteiger partial charge in [0, 0.05) is 11.6 Å². The molecule has 1 heterocycles. The lowest BCUT2D eigenvalue weighted by molar-refractivity contribution is 0.412. The van der Waals surface area contributed by atoms with Crippen LogP contribution in [0.2, 0.25) is 0 Å². The van der Waals surface area contributed by atoms with E-state index in [0.29, 0.717) is 5.82 Å². The summed E-state index contributed by atoms with van der Waals surface area (Å²) in [6.45, 7) is 0. The van der Waals surface area contributed by atoms with Crippen molar-refractivity contribution in [3.05, 3.63) is 27.7 Å². The van der Waals surface area contributed by atoms with E-state index in [1.165, 1.54) is 24.0 Å². The quantitative estimate of drug-likeness (QED) is 0.891. The van der Waals surface area contributed by atoms with Gasteiger partial charge in [-0.1, -0.05) is 0 Å². The molecule has 1 aromatic carbocycles. The fourth-order valence-electron chi connectivity index (χ4n) is 2.71. The second-order valence-electron chi connectivity index (χ2n) is 4.82. The number of aromatic amines is 1. The van der Waals surface area contributed by atoms with Crippen LogP contribution in [0.3, 0.4) is 0 Å². The highest BCUT2D eigenvalue weighted by atomic mass is 79.9. The summed E-state index contributed by atoms with van der Waals surface area (Å²) in [5.41, 5.74) is 10.4. The summed E-state index contributed by atoms with van der Waals surface area (Å²) in [5.74, 6) is 1.34. The predicted octanol–water partition coefficient (Wildman–Crippen LogP) is 3.31. The van der Waals surface area contributed by atoms with Gasteiger partial charge in [-0.25, -0.2) is 0 Å². The Morgan fingerprint density at radius 2 is 2.11 bits per heavy atom. The molecule has 0 spiro atoms. The maximum atomic E-state index is 5.69. The van der Waals surface area contributed by atoms with Gasteiger partial charge in [-0.3, -0.25) is 5.10 Å². The van der Waals surface area contributed by atoms with Crippen LogP contribution in [-0.4, -0.2) is 17.3 Å². The Hall–Kier alpha value is -1.49. The van der Waals surface area contributed by atoms with Crippen molar-refractivity contribution < 1.29 is 4.74 Å². The molecule has 0 bridgehead atoms. The van der Waals surface area contributed by atoms with Crippen LogP contribution in [0.15, 0.2) is 16.6 Å². The number of nitrogens with zero attached hydrogens (tertiary/aromatic N) is 1. The zero-order valence-corrected chi connectivity index (χ0v) is 12.4. The lowest BCUT2D eigenvalue weighted by Crippen LogP contribution is -2.06. The number of ether oxygens (including phenoxy) is 1. The van der Waals surface area contributed by atoms with Crippen LogP contribution in [0.1, 0.15) is 24.0 Å². The number of hydrogen-bond donors (Lipinski definition) is 2. The van der Waals surface area contributed by atoms with E-state index >= 15 is 0 Å². The first-order valence-electron chi connectivity index (χ1n) is 6.40. The molecule has 3 N–H and O–H groups in total. The molecule has 0 atom stereocenters. The van der Waals surface area contributed by atoms with Gasteiger partial charge in [0.25, 0.3) is 0 Å². The van der Waals surface area contributed by atoms with E-state index in [0.717, 1.165) is 34.3 Å². The van der Waals surface area contributed by atoms with Crippen molar-refractivity contribution in [1.29, 1.82) is 0 Å². The van der Waals surface area contributed by atoms with Crippen molar-refractivity contribution >= 4 is 21.7 Å². The molecule has 0 unspecified atom stereocenters. The first-order chi connectivity index (χ1) is 9.20. The largest absolute Gasteiger partial charge is 0.495 e. The number of rotatable bonds is 2. The smallest absolute Gasteiger partial charge is 0.145 e. The minimum Gasteiger partial charge on any atom is -0.495 e. The van der Waals surface area contributed by atoms with Crippen LogP contribution in [0, 0.1) is 0 Å². The second kappa shape index (κ2) is 4.89. The minimum absolute atomic E-state index is 0.492. The average Bonchev–Trinajstić information content (AvgIpc) is 2.85. The number of hydrogen-bond acceptors (Lipinski definition) is 3. The van der Waals surface area contributed by atoms with Gasteiger partial charge >= 0.3 is 0 Å². The van der Waals surface area contributed by atoms with Gasteiger partial charge in [0.05, 0.1) is 17.3 Å². The Balaban J connectivity index is 2.21. The Labute approximate surface area is 120 Å². The number of halogens is 1. The first-order valence-corrected chi connectivity index (χ1v) is 7.19. The van der Waals surface area contributed by atoms with E-state index in [1.807, 2.05) is 6.07 Å². The highest BCUT2D eigenvalue weighted by Crippen LogP contribution is 2.42. The molecule has 3 rings (SSSR count). The Morgan fingerprint density at radius 3 is 2.79 bits per heavy atom. The fraction of sp³-hybridized carbons (Fsp3) is 0.357. The minimum atomic E-state index is 0.492. The molecule has 2 aromatic rings. The SMILES string of the molecule is COc1c(-c2cc(N)n[nH]2)cc2c(c1Br)CCCC2. The number of benzene rings is 1. The number of fused-ring (bicyclic) bond motifs is 1. The van der Waals surface area contributed by atoms with Crippen molar-refractivity contribution in [2.75, 3.05) is 12.8 Å². The number of aromatic nitrogens is 2. The van der Waals surface area contributed by atoms with Crippen LogP contribution >= 0.6 is 15.9 Å². The summed E-state index contributed by atoms with van der Waals surface area (Å²) in [7, 11) is 1.69. The standard InChI is InChI=1S/C14H16BrN3O/c1-19-14-10(11-7-12(16)18-17-11)6-8-4-2-3-5-9(8)13(14)15/h6-7H,2-5H2,1H3,(H3,16,17,18). The number of nitrogens with one attached hydrogen (secondary N) is 1. The maximum absolute atomic E-state index is 5.69. The second-order valence-corrected chi connectivity index (χ2v) is 5.62. The zero-order chi connectivity index (χ0) is 13.4. The van der Waals surface area contributed by atoms with E-state index < -0.39 is 0 Å². The van der Waals surface area contributed by atoms with Crippen LogP contribution in [0.5, 0.6) is 5.75 Å². The van der Waals surface area contributed by atoms with Gasteiger partial charge in [-0.05, 0) is 58.8 Å². The number of anilines is 1. The number of aryl methyl sites for hydroxylation is 1. The van der Waals surface area contributed by atoms with E-state index in [-0.39, 0.29) is 0 Å². The van der Waals surface area contributed by atoms with Crippen LogP contribution < -0.4 is 10.5 Å². The maximum Gasteiger partial charge on any atom is 0.145 e. The Kier molecular flexibility index (Phi) is 3.22. The summed E-state index contributed by atoms with van der Waals surface area (Å²) in [5, 5.41) is 6.95. The molecule has 4 nitrogen and oxygen atoms in total. The zero-order valence-electron chi connectivity index (χ0n) is 10.8. The number of H-pyrrole nitrogens is 1. The molecule has 0 amide bonds. The van der Waals surface area contributed by atoms with E-state index in [4.69, 9.17) is 10.5 Å². The van der Waals surface area contributed by atoms with Crippen LogP contribution in [-0.2, 0) is 12.8 Å². The van der Waals surface area contributed by atoms with Crippen LogP contribution in [0.25, 0.3) is 11.3 Å². The first kappa shape index (κ1) is 12.5. The Morgan fingerprint density at radius 1 is 1.32 bits per heavy atom. The number of nitrogen functional groups attached to an aromatic ring is 1. The summed E-state index contributed by atoms with van der Waals surface area (Å²) in [6.07, 6.45) is 4.72. The molecule has 5 heteroatoms. The van der Waals surface area contributed by atoms with Gasteiger partial charge in [0.2, 0.25) is 0 Å². The molecule has 1 aliphatic carbocycles. The van der Waals surface area contributed by atoms with Crippen molar-refractivity contribution in [3.63, 3.8) is 0 Å². The van der Waals surface area contributed by atoms with Gasteiger partial charge in [-0.15, -0.1) is 0 Å². The van der Waals surface area contributed by atoms with Gasteiger partial charge in [0.1, 0.15) is 11.6 Å². The van der Waals surface area contributed by atoms with Gasteiger partial charge < -0.3 is 10.5 Å². The summed E-state index contributed by atoms with van der Waals surface area (Å²) < 4.78 is 6.64. The summed E-state index contributed by atoms with van der Waals surface area (Å²) in [6, 6.07) is 4.03. The molecule has 1 aromatic heterocycles. The predicted molar refractivity (Wildman–Crippen MR) is 79.3 cm³/mol. The lowest BCUT2D eigenvalue weighted by atomic mass is 9.89. The van der Waals surface area contributed by atoms with Crippen molar-refractivity contribution in [3.8, 4) is 17.0 Å². The Bertz CT molecular complexity index is 621. The van der Waals surface area contributed by atoms with Gasteiger partial charge in [0.15, 0.2) is 0 Å². The van der Waals surface area contributed by atoms with E-state index in [1.54, 1.807) is 7.11 Å². The average molecular weight is 322 g/mol. The van der Waals surface area contributed by atoms with Crippen molar-refractivity contribution in [1.82, 2.24) is 10.2 Å². The topological polar surface area (TPSA) is 63.9 Å².